The molecule has 0 bridgehead atoms. The Labute approximate surface area is 165 Å². The molecule has 28 heavy (non-hydrogen) atoms. The van der Waals surface area contributed by atoms with Gasteiger partial charge >= 0.3 is 6.18 Å². The summed E-state index contributed by atoms with van der Waals surface area (Å²) in [5.41, 5.74) is -0.0839. The summed E-state index contributed by atoms with van der Waals surface area (Å²) in [5.74, 6) is 0.305. The third kappa shape index (κ3) is 4.92. The first-order valence-corrected chi connectivity index (χ1v) is 9.33. The molecule has 0 spiro atoms. The zero-order valence-corrected chi connectivity index (χ0v) is 16.0. The molecule has 2 unspecified atom stereocenters. The molecule has 0 aliphatic carbocycles. The maximum absolute atomic E-state index is 12.7. The lowest BCUT2D eigenvalue weighted by molar-refractivity contribution is -0.137. The Morgan fingerprint density at radius 1 is 1.21 bits per heavy atom. The van der Waals surface area contributed by atoms with Gasteiger partial charge in [-0.2, -0.15) is 13.2 Å². The van der Waals surface area contributed by atoms with Crippen molar-refractivity contribution in [2.24, 2.45) is 5.92 Å². The van der Waals surface area contributed by atoms with Gasteiger partial charge in [-0.1, -0.05) is 23.7 Å². The van der Waals surface area contributed by atoms with Gasteiger partial charge in [0.25, 0.3) is 0 Å². The Hall–Kier alpha value is -2.35. The molecule has 1 aliphatic heterocycles. The van der Waals surface area contributed by atoms with E-state index in [9.17, 15) is 18.0 Å². The minimum absolute atomic E-state index is 0.126. The first-order chi connectivity index (χ1) is 13.2. The van der Waals surface area contributed by atoms with E-state index in [0.29, 0.717) is 23.1 Å². The molecule has 2 atom stereocenters. The smallest absolute Gasteiger partial charge is 0.354 e. The number of piperidine rings is 1. The van der Waals surface area contributed by atoms with Crippen LogP contribution in [0, 0.1) is 5.92 Å². The number of amides is 1. The maximum Gasteiger partial charge on any atom is 0.416 e. The fourth-order valence-corrected chi connectivity index (χ4v) is 3.35. The monoisotopic (exact) mass is 412 g/mol. The molecule has 3 rings (SSSR count). The Morgan fingerprint density at radius 2 is 1.93 bits per heavy atom. The molecule has 5 nitrogen and oxygen atoms in total. The lowest BCUT2D eigenvalue weighted by atomic mass is 9.96. The molecule has 1 aliphatic rings. The number of anilines is 1. The molecule has 2 heterocycles. The van der Waals surface area contributed by atoms with Crippen molar-refractivity contribution in [1.82, 2.24) is 15.5 Å². The van der Waals surface area contributed by atoms with Crippen LogP contribution in [0.1, 0.15) is 36.9 Å². The van der Waals surface area contributed by atoms with Crippen LogP contribution < -0.4 is 10.2 Å². The summed E-state index contributed by atoms with van der Waals surface area (Å²) >= 11 is 5.76. The lowest BCUT2D eigenvalue weighted by Gasteiger charge is -2.33. The van der Waals surface area contributed by atoms with Crippen LogP contribution in [0.3, 0.4) is 0 Å². The van der Waals surface area contributed by atoms with Gasteiger partial charge in [-0.15, -0.1) is 10.2 Å². The van der Waals surface area contributed by atoms with Gasteiger partial charge < -0.3 is 10.2 Å². The normalized spacial score (nSPS) is 18.6. The second-order valence-electron chi connectivity index (χ2n) is 6.85. The molecular formula is C19H20ClF3N4O. The molecular weight excluding hydrogens is 393 g/mol. The summed E-state index contributed by atoms with van der Waals surface area (Å²) in [4.78, 5) is 14.7. The van der Waals surface area contributed by atoms with Crippen LogP contribution >= 0.6 is 11.6 Å². The summed E-state index contributed by atoms with van der Waals surface area (Å²) in [6.45, 7) is 3.03. The molecule has 9 heteroatoms. The molecule has 1 aromatic carbocycles. The highest BCUT2D eigenvalue weighted by molar-refractivity contribution is 6.29. The Kier molecular flexibility index (Phi) is 6.07. The van der Waals surface area contributed by atoms with Gasteiger partial charge in [0.2, 0.25) is 5.91 Å². The van der Waals surface area contributed by atoms with Gasteiger partial charge in [-0.05, 0) is 49.6 Å². The average molecular weight is 413 g/mol. The summed E-state index contributed by atoms with van der Waals surface area (Å²) in [6.07, 6.45) is -2.80. The van der Waals surface area contributed by atoms with Crippen LogP contribution in [-0.2, 0) is 11.0 Å². The first-order valence-electron chi connectivity index (χ1n) is 8.96. The highest BCUT2D eigenvalue weighted by Gasteiger charge is 2.31. The van der Waals surface area contributed by atoms with Gasteiger partial charge in [-0.3, -0.25) is 4.79 Å². The van der Waals surface area contributed by atoms with Crippen molar-refractivity contribution in [1.29, 1.82) is 0 Å². The third-order valence-electron chi connectivity index (χ3n) is 4.83. The Morgan fingerprint density at radius 3 is 2.54 bits per heavy atom. The van der Waals surface area contributed by atoms with E-state index in [1.165, 1.54) is 12.1 Å². The number of carbonyl (C=O) groups is 1. The van der Waals surface area contributed by atoms with Crippen LogP contribution in [0.4, 0.5) is 19.0 Å². The summed E-state index contributed by atoms with van der Waals surface area (Å²) in [7, 11) is 0. The summed E-state index contributed by atoms with van der Waals surface area (Å²) < 4.78 is 38.0. The quantitative estimate of drug-likeness (QED) is 0.816. The van der Waals surface area contributed by atoms with E-state index in [0.717, 1.165) is 31.5 Å². The van der Waals surface area contributed by atoms with E-state index < -0.39 is 11.7 Å². The number of rotatable bonds is 4. The number of hydrogen-bond donors (Lipinski definition) is 1. The van der Waals surface area contributed by atoms with Gasteiger partial charge in [-0.25, -0.2) is 0 Å². The van der Waals surface area contributed by atoms with Gasteiger partial charge in [0.15, 0.2) is 11.0 Å². The standard InChI is InChI=1S/C19H20ClF3N4O/c1-12(13-4-6-15(7-5-13)19(21,22)23)24-18(28)14-3-2-10-27(11-14)17-9-8-16(20)25-26-17/h4-9,12,14H,2-3,10-11H2,1H3,(H,24,28). The number of halogens is 4. The predicted molar refractivity (Wildman–Crippen MR) is 100.0 cm³/mol. The number of aromatic nitrogens is 2. The summed E-state index contributed by atoms with van der Waals surface area (Å²) in [6, 6.07) is 7.87. The SMILES string of the molecule is CC(NC(=O)C1CCCN(c2ccc(Cl)nn2)C1)c1ccc(C(F)(F)F)cc1. The van der Waals surface area contributed by atoms with Crippen molar-refractivity contribution in [3.05, 3.63) is 52.7 Å². The minimum Gasteiger partial charge on any atom is -0.354 e. The first kappa shape index (κ1) is 20.4. The average Bonchev–Trinajstić information content (AvgIpc) is 2.68. The van der Waals surface area contributed by atoms with Gasteiger partial charge in [0.05, 0.1) is 17.5 Å². The molecule has 0 saturated carbocycles. The van der Waals surface area contributed by atoms with Gasteiger partial charge in [0, 0.05) is 13.1 Å². The van der Waals surface area contributed by atoms with Crippen molar-refractivity contribution in [3.8, 4) is 0 Å². The fourth-order valence-electron chi connectivity index (χ4n) is 3.25. The second-order valence-corrected chi connectivity index (χ2v) is 7.24. The second kappa shape index (κ2) is 8.34. The number of hydrogen-bond acceptors (Lipinski definition) is 4. The Bertz CT molecular complexity index is 811. The van der Waals surface area contributed by atoms with Crippen LogP contribution in [0.2, 0.25) is 5.15 Å². The van der Waals surface area contributed by atoms with E-state index in [-0.39, 0.29) is 17.9 Å². The molecule has 1 aromatic heterocycles. The number of carbonyl (C=O) groups excluding carboxylic acids is 1. The molecule has 1 amide bonds. The van der Waals surface area contributed by atoms with Gasteiger partial charge in [0.1, 0.15) is 0 Å². The summed E-state index contributed by atoms with van der Waals surface area (Å²) in [5, 5.41) is 11.1. The zero-order chi connectivity index (χ0) is 20.3. The van der Waals surface area contributed by atoms with E-state index >= 15 is 0 Å². The highest BCUT2D eigenvalue weighted by atomic mass is 35.5. The molecule has 150 valence electrons. The van der Waals surface area contributed by atoms with E-state index in [2.05, 4.69) is 15.5 Å². The van der Waals surface area contributed by atoms with Crippen LogP contribution in [0.5, 0.6) is 0 Å². The predicted octanol–water partition coefficient (Wildman–Crippen LogP) is 4.24. The number of alkyl halides is 3. The van der Waals surface area contributed by atoms with E-state index in [4.69, 9.17) is 11.6 Å². The minimum atomic E-state index is -4.37. The molecule has 2 aromatic rings. The maximum atomic E-state index is 12.7. The number of nitrogens with one attached hydrogen (secondary N) is 1. The molecule has 1 saturated heterocycles. The fraction of sp³-hybridized carbons (Fsp3) is 0.421. The lowest BCUT2D eigenvalue weighted by Crippen LogP contribution is -2.44. The van der Waals surface area contributed by atoms with Crippen LogP contribution in [0.15, 0.2) is 36.4 Å². The van der Waals surface area contributed by atoms with Crippen molar-refractivity contribution in [2.75, 3.05) is 18.0 Å². The van der Waals surface area contributed by atoms with Crippen molar-refractivity contribution >= 4 is 23.3 Å². The largest absolute Gasteiger partial charge is 0.416 e. The van der Waals surface area contributed by atoms with E-state index in [1.807, 2.05) is 4.90 Å². The Balaban J connectivity index is 1.61. The molecule has 1 N–H and O–H groups in total. The van der Waals surface area contributed by atoms with Crippen molar-refractivity contribution < 1.29 is 18.0 Å². The van der Waals surface area contributed by atoms with Crippen molar-refractivity contribution in [2.45, 2.75) is 32.0 Å². The number of nitrogens with zero attached hydrogens (tertiary/aromatic N) is 3. The molecule has 0 radical (unpaired) electrons. The highest BCUT2D eigenvalue weighted by Crippen LogP contribution is 2.30. The molecule has 1 fully saturated rings. The van der Waals surface area contributed by atoms with Crippen LogP contribution in [-0.4, -0.2) is 29.2 Å². The topological polar surface area (TPSA) is 58.1 Å². The zero-order valence-electron chi connectivity index (χ0n) is 15.2. The number of benzene rings is 1. The third-order valence-corrected chi connectivity index (χ3v) is 5.03. The van der Waals surface area contributed by atoms with Crippen LogP contribution in [0.25, 0.3) is 0 Å². The van der Waals surface area contributed by atoms with E-state index in [1.54, 1.807) is 19.1 Å². The van der Waals surface area contributed by atoms with Crippen molar-refractivity contribution in [3.63, 3.8) is 0 Å².